The Kier molecular flexibility index (Phi) is 24.7. The van der Waals surface area contributed by atoms with Crippen LogP contribution in [0.1, 0.15) is 115 Å². The van der Waals surface area contributed by atoms with Gasteiger partial charge in [-0.3, -0.25) is 4.18 Å². The maximum absolute atomic E-state index is 12.0. The fourth-order valence-corrected chi connectivity index (χ4v) is 5.86. The number of halogens is 1. The lowest BCUT2D eigenvalue weighted by Crippen LogP contribution is -2.14. The zero-order valence-electron chi connectivity index (χ0n) is 27.7. The number of unbranched alkanes of at least 4 members (excludes halogenated alkanes) is 8. The van der Waals surface area contributed by atoms with Crippen LogP contribution in [0.4, 0.5) is 0 Å². The van der Waals surface area contributed by atoms with Crippen LogP contribution < -0.4 is 0 Å². The van der Waals surface area contributed by atoms with Gasteiger partial charge < -0.3 is 15.3 Å². The standard InChI is InChI=1S/C17H28O4S.C10H22O2.C7H7ClO2S/c1-3-4-5-6-7-8-16(18)13-14-21-22(19,20)17-11-9-15(2)10-12-17;1-2-3-4-5-6-7-10(12)8-9-11;1-6-2-4-7(5-3-6)11(8,9)10/h9-12,16,18H,3-8,13-14H2,1-2H3;10-12H,2-9H2,1H3;2-5H,1H3/t16-;10-;/m11./s1. The minimum absolute atomic E-state index is 0.0202. The predicted octanol–water partition coefficient (Wildman–Crippen LogP) is 7.82. The topological polar surface area (TPSA) is 138 Å². The van der Waals surface area contributed by atoms with Crippen LogP contribution in [0.25, 0.3) is 0 Å². The Hall–Kier alpha value is -1.53. The molecule has 8 nitrogen and oxygen atoms in total. The molecule has 0 radical (unpaired) electrons. The van der Waals surface area contributed by atoms with Gasteiger partial charge in [0.2, 0.25) is 0 Å². The Bertz CT molecular complexity index is 1200. The summed E-state index contributed by atoms with van der Waals surface area (Å²) in [6, 6.07) is 12.9. The Balaban J connectivity index is 0.000000710. The molecular formula is C34H57ClO8S2. The maximum atomic E-state index is 12.0. The SMILES string of the molecule is CCCCCCC[C@@H](O)CCO.CCCCCCC[C@@H](O)CCOS(=O)(=O)c1ccc(C)cc1.Cc1ccc(S(=O)(=O)Cl)cc1. The van der Waals surface area contributed by atoms with Crippen molar-refractivity contribution in [3.63, 3.8) is 0 Å². The van der Waals surface area contributed by atoms with Crippen LogP contribution in [0.5, 0.6) is 0 Å². The monoisotopic (exact) mass is 692 g/mol. The molecule has 0 aliphatic heterocycles. The van der Waals surface area contributed by atoms with Crippen molar-refractivity contribution in [1.82, 2.24) is 0 Å². The molecule has 45 heavy (non-hydrogen) atoms. The number of benzene rings is 2. The first-order valence-corrected chi connectivity index (χ1v) is 19.9. The third-order valence-corrected chi connectivity index (χ3v) is 9.74. The van der Waals surface area contributed by atoms with Gasteiger partial charge in [-0.1, -0.05) is 113 Å². The summed E-state index contributed by atoms with van der Waals surface area (Å²) in [7, 11) is -2.18. The quantitative estimate of drug-likeness (QED) is 0.0725. The van der Waals surface area contributed by atoms with E-state index in [4.69, 9.17) is 20.0 Å². The second-order valence-electron chi connectivity index (χ2n) is 11.4. The van der Waals surface area contributed by atoms with E-state index in [2.05, 4.69) is 13.8 Å². The summed E-state index contributed by atoms with van der Waals surface area (Å²) < 4.78 is 50.3. The lowest BCUT2D eigenvalue weighted by atomic mass is 10.1. The molecule has 0 saturated carbocycles. The molecule has 0 unspecified atom stereocenters. The highest BCUT2D eigenvalue weighted by Crippen LogP contribution is 2.16. The number of aliphatic hydroxyl groups excluding tert-OH is 3. The van der Waals surface area contributed by atoms with Gasteiger partial charge in [-0.05, 0) is 63.8 Å². The first-order valence-electron chi connectivity index (χ1n) is 16.2. The molecule has 2 aromatic rings. The number of aryl methyl sites for hydroxylation is 2. The van der Waals surface area contributed by atoms with Gasteiger partial charge in [-0.25, -0.2) is 8.42 Å². The predicted molar refractivity (Wildman–Crippen MR) is 184 cm³/mol. The normalized spacial score (nSPS) is 12.8. The molecule has 0 bridgehead atoms. The number of rotatable bonds is 20. The van der Waals surface area contributed by atoms with Crippen molar-refractivity contribution in [3.8, 4) is 0 Å². The van der Waals surface area contributed by atoms with Gasteiger partial charge in [0.05, 0.1) is 28.6 Å². The van der Waals surface area contributed by atoms with E-state index in [0.29, 0.717) is 19.3 Å². The maximum Gasteiger partial charge on any atom is 0.296 e. The van der Waals surface area contributed by atoms with E-state index in [1.165, 1.54) is 69.2 Å². The van der Waals surface area contributed by atoms with Gasteiger partial charge in [0.25, 0.3) is 19.2 Å². The Morgan fingerprint density at radius 3 is 1.42 bits per heavy atom. The van der Waals surface area contributed by atoms with E-state index in [1.807, 2.05) is 13.8 Å². The third-order valence-electron chi connectivity index (χ3n) is 7.05. The average molecular weight is 693 g/mol. The minimum atomic E-state index is -3.72. The lowest BCUT2D eigenvalue weighted by Gasteiger charge is -2.11. The molecule has 0 amide bonds. The first-order chi connectivity index (χ1) is 21.3. The molecule has 0 saturated heterocycles. The molecule has 260 valence electrons. The second-order valence-corrected chi connectivity index (χ2v) is 15.5. The van der Waals surface area contributed by atoms with Crippen LogP contribution in [-0.2, 0) is 23.4 Å². The van der Waals surface area contributed by atoms with E-state index < -0.39 is 25.3 Å². The van der Waals surface area contributed by atoms with Crippen LogP contribution in [0.2, 0.25) is 0 Å². The molecule has 0 aromatic heterocycles. The van der Waals surface area contributed by atoms with Crippen molar-refractivity contribution in [1.29, 1.82) is 0 Å². The Morgan fingerprint density at radius 2 is 1.02 bits per heavy atom. The van der Waals surface area contributed by atoms with Crippen molar-refractivity contribution in [2.24, 2.45) is 0 Å². The largest absolute Gasteiger partial charge is 0.396 e. The second kappa shape index (κ2) is 25.5. The minimum Gasteiger partial charge on any atom is -0.396 e. The fraction of sp³-hybridized carbons (Fsp3) is 0.647. The number of aliphatic hydroxyl groups is 3. The molecule has 0 aliphatic carbocycles. The van der Waals surface area contributed by atoms with E-state index >= 15 is 0 Å². The molecule has 0 aliphatic rings. The van der Waals surface area contributed by atoms with Crippen molar-refractivity contribution >= 4 is 29.9 Å². The summed E-state index contributed by atoms with van der Waals surface area (Å²) in [5, 5.41) is 27.6. The number of hydrogen-bond acceptors (Lipinski definition) is 8. The van der Waals surface area contributed by atoms with Crippen molar-refractivity contribution < 1.29 is 36.3 Å². The Morgan fingerprint density at radius 1 is 0.622 bits per heavy atom. The number of hydrogen-bond donors (Lipinski definition) is 3. The van der Waals surface area contributed by atoms with Gasteiger partial charge in [0.15, 0.2) is 0 Å². The average Bonchev–Trinajstić information content (AvgIpc) is 2.98. The zero-order chi connectivity index (χ0) is 34.1. The van der Waals surface area contributed by atoms with Crippen LogP contribution in [0.3, 0.4) is 0 Å². The molecule has 0 fully saturated rings. The van der Waals surface area contributed by atoms with E-state index in [1.54, 1.807) is 24.3 Å². The van der Waals surface area contributed by atoms with E-state index in [9.17, 15) is 27.0 Å². The van der Waals surface area contributed by atoms with Crippen molar-refractivity contribution in [2.45, 2.75) is 140 Å². The summed E-state index contributed by atoms with van der Waals surface area (Å²) >= 11 is 0. The van der Waals surface area contributed by atoms with Gasteiger partial charge >= 0.3 is 0 Å². The highest BCUT2D eigenvalue weighted by atomic mass is 35.7. The van der Waals surface area contributed by atoms with Crippen LogP contribution in [0, 0.1) is 13.8 Å². The molecule has 2 atom stereocenters. The Labute approximate surface area is 277 Å². The fourth-order valence-electron chi connectivity index (χ4n) is 4.17. The third kappa shape index (κ3) is 23.4. The van der Waals surface area contributed by atoms with Crippen molar-refractivity contribution in [3.05, 3.63) is 59.7 Å². The summed E-state index contributed by atoms with van der Waals surface area (Å²) in [5.74, 6) is 0. The highest BCUT2D eigenvalue weighted by Gasteiger charge is 2.15. The lowest BCUT2D eigenvalue weighted by molar-refractivity contribution is 0.122. The molecule has 3 N–H and O–H groups in total. The van der Waals surface area contributed by atoms with Crippen LogP contribution in [-0.4, -0.2) is 57.6 Å². The zero-order valence-corrected chi connectivity index (χ0v) is 30.1. The van der Waals surface area contributed by atoms with Gasteiger partial charge in [0.1, 0.15) is 0 Å². The van der Waals surface area contributed by atoms with Crippen molar-refractivity contribution in [2.75, 3.05) is 13.2 Å². The molecule has 0 heterocycles. The molecular weight excluding hydrogens is 636 g/mol. The molecule has 2 aromatic carbocycles. The summed E-state index contributed by atoms with van der Waals surface area (Å²) in [5.41, 5.74) is 2.01. The first kappa shape index (κ1) is 43.5. The van der Waals surface area contributed by atoms with Crippen LogP contribution >= 0.6 is 10.7 Å². The summed E-state index contributed by atoms with van der Waals surface area (Å²) in [6.07, 6.45) is 13.6. The van der Waals surface area contributed by atoms with Gasteiger partial charge in [-0.2, -0.15) is 8.42 Å². The van der Waals surface area contributed by atoms with E-state index in [-0.39, 0.29) is 29.1 Å². The molecule has 2 rings (SSSR count). The highest BCUT2D eigenvalue weighted by molar-refractivity contribution is 8.13. The molecule has 0 spiro atoms. The smallest absolute Gasteiger partial charge is 0.296 e. The summed E-state index contributed by atoms with van der Waals surface area (Å²) in [4.78, 5) is 0.303. The van der Waals surface area contributed by atoms with Crippen LogP contribution in [0.15, 0.2) is 58.3 Å². The molecule has 11 heteroatoms. The van der Waals surface area contributed by atoms with Gasteiger partial charge in [-0.15, -0.1) is 0 Å². The van der Waals surface area contributed by atoms with Gasteiger partial charge in [0, 0.05) is 17.3 Å². The summed E-state index contributed by atoms with van der Waals surface area (Å²) in [6.45, 7) is 8.27. The van der Waals surface area contributed by atoms with E-state index in [0.717, 1.165) is 36.8 Å².